The molecule has 0 saturated heterocycles. The summed E-state index contributed by atoms with van der Waals surface area (Å²) in [4.78, 5) is 4.77. The Morgan fingerprint density at radius 2 is 1.77 bits per heavy atom. The number of anilines is 1. The Kier molecular flexibility index (Phi) is 3.61. The number of benzene rings is 2. The van der Waals surface area contributed by atoms with Gasteiger partial charge in [-0.2, -0.15) is 0 Å². The minimum absolute atomic E-state index is 0.111. The van der Waals surface area contributed by atoms with Crippen LogP contribution in [0, 0.1) is 0 Å². The van der Waals surface area contributed by atoms with Crippen molar-refractivity contribution in [3.8, 4) is 28.5 Å². The highest BCUT2D eigenvalue weighted by atomic mass is 16.5. The maximum absolute atomic E-state index is 10.3. The van der Waals surface area contributed by atoms with Crippen LogP contribution < -0.4 is 15.2 Å². The van der Waals surface area contributed by atoms with Gasteiger partial charge in [0.25, 0.3) is 0 Å². The molecule has 0 saturated carbocycles. The summed E-state index contributed by atoms with van der Waals surface area (Å²) in [5.74, 6) is 1.51. The van der Waals surface area contributed by atoms with E-state index < -0.39 is 0 Å². The number of aromatic nitrogens is 2. The summed E-state index contributed by atoms with van der Waals surface area (Å²) >= 11 is 0. The van der Waals surface area contributed by atoms with Crippen molar-refractivity contribution in [3.05, 3.63) is 42.6 Å². The first-order valence-corrected chi connectivity index (χ1v) is 8.13. The van der Waals surface area contributed by atoms with Crippen LogP contribution in [-0.4, -0.2) is 28.9 Å². The van der Waals surface area contributed by atoms with E-state index in [-0.39, 0.29) is 5.88 Å². The molecular formula is C20H19N3O3. The molecule has 0 bridgehead atoms. The topological polar surface area (TPSA) is 82.5 Å². The van der Waals surface area contributed by atoms with Gasteiger partial charge in [0, 0.05) is 30.3 Å². The Hall–Kier alpha value is -3.41. The number of rotatable bonds is 3. The highest BCUT2D eigenvalue weighted by Gasteiger charge is 2.17. The third kappa shape index (κ3) is 2.30. The number of fused-ring (bicyclic) bond motifs is 2. The summed E-state index contributed by atoms with van der Waals surface area (Å²) in [7, 11) is 5.00. The molecule has 0 fully saturated rings. The quantitative estimate of drug-likeness (QED) is 0.589. The van der Waals surface area contributed by atoms with Gasteiger partial charge >= 0.3 is 0 Å². The number of nitrogen functional groups attached to an aromatic ring is 1. The lowest BCUT2D eigenvalue weighted by molar-refractivity contribution is 0.394. The third-order valence-electron chi connectivity index (χ3n) is 4.62. The second-order valence-electron chi connectivity index (χ2n) is 6.15. The van der Waals surface area contributed by atoms with E-state index >= 15 is 0 Å². The Labute approximate surface area is 150 Å². The van der Waals surface area contributed by atoms with Crippen molar-refractivity contribution in [1.29, 1.82) is 0 Å². The Balaban J connectivity index is 2.07. The van der Waals surface area contributed by atoms with Gasteiger partial charge in [-0.25, -0.2) is 4.98 Å². The predicted octanol–water partition coefficient (Wildman–Crippen LogP) is 3.70. The highest BCUT2D eigenvalue weighted by molar-refractivity contribution is 6.12. The van der Waals surface area contributed by atoms with Gasteiger partial charge in [-0.15, -0.1) is 0 Å². The number of aromatic hydroxyl groups is 1. The van der Waals surface area contributed by atoms with Crippen LogP contribution in [0.2, 0.25) is 0 Å². The SMILES string of the molecule is COc1cc(OC)cc(-c2cccc3c(N)c4c(O)n(C)cc4nc23)c1. The average molecular weight is 349 g/mol. The van der Waals surface area contributed by atoms with E-state index in [9.17, 15) is 5.11 Å². The van der Waals surface area contributed by atoms with Gasteiger partial charge < -0.3 is 24.9 Å². The lowest BCUT2D eigenvalue weighted by Crippen LogP contribution is -1.94. The molecule has 0 radical (unpaired) electrons. The summed E-state index contributed by atoms with van der Waals surface area (Å²) < 4.78 is 12.4. The van der Waals surface area contributed by atoms with E-state index in [1.54, 1.807) is 32.0 Å². The van der Waals surface area contributed by atoms with Crippen molar-refractivity contribution in [1.82, 2.24) is 9.55 Å². The van der Waals surface area contributed by atoms with Crippen LogP contribution in [0.3, 0.4) is 0 Å². The van der Waals surface area contributed by atoms with E-state index in [4.69, 9.17) is 20.2 Å². The molecular weight excluding hydrogens is 330 g/mol. The molecule has 0 amide bonds. The molecule has 0 spiro atoms. The standard InChI is InChI=1S/C20H19N3O3/c1-23-10-16-17(20(23)24)18(21)15-6-4-5-14(19(15)22-16)11-7-12(25-2)9-13(8-11)26-3/h4-10,24H,21H2,1-3H3. The van der Waals surface area contributed by atoms with Gasteiger partial charge in [0.2, 0.25) is 5.88 Å². The second-order valence-corrected chi connectivity index (χ2v) is 6.15. The van der Waals surface area contributed by atoms with Gasteiger partial charge in [0.1, 0.15) is 11.5 Å². The number of hydrogen-bond donors (Lipinski definition) is 2. The van der Waals surface area contributed by atoms with E-state index in [0.29, 0.717) is 28.1 Å². The van der Waals surface area contributed by atoms with Crippen molar-refractivity contribution in [2.75, 3.05) is 20.0 Å². The summed E-state index contributed by atoms with van der Waals surface area (Å²) in [6, 6.07) is 11.5. The third-order valence-corrected chi connectivity index (χ3v) is 4.62. The molecule has 3 N–H and O–H groups in total. The molecule has 26 heavy (non-hydrogen) atoms. The molecule has 0 aliphatic carbocycles. The summed E-state index contributed by atoms with van der Waals surface area (Å²) in [5, 5.41) is 11.6. The van der Waals surface area contributed by atoms with Crippen LogP contribution in [-0.2, 0) is 7.05 Å². The number of aryl methyl sites for hydroxylation is 1. The lowest BCUT2D eigenvalue weighted by Gasteiger charge is -2.12. The van der Waals surface area contributed by atoms with Crippen LogP contribution in [0.25, 0.3) is 32.9 Å². The smallest absolute Gasteiger partial charge is 0.202 e. The van der Waals surface area contributed by atoms with Crippen molar-refractivity contribution < 1.29 is 14.6 Å². The fourth-order valence-corrected chi connectivity index (χ4v) is 3.28. The zero-order valence-corrected chi connectivity index (χ0v) is 14.8. The molecule has 0 aliphatic heterocycles. The summed E-state index contributed by atoms with van der Waals surface area (Å²) in [6.07, 6.45) is 1.77. The number of pyridine rings is 1. The fourth-order valence-electron chi connectivity index (χ4n) is 3.28. The number of nitrogens with two attached hydrogens (primary N) is 1. The molecule has 6 nitrogen and oxygen atoms in total. The zero-order valence-electron chi connectivity index (χ0n) is 14.8. The van der Waals surface area contributed by atoms with Gasteiger partial charge in [0.15, 0.2) is 0 Å². The second kappa shape index (κ2) is 5.84. The van der Waals surface area contributed by atoms with Crippen molar-refractivity contribution in [2.24, 2.45) is 7.05 Å². The maximum Gasteiger partial charge on any atom is 0.202 e. The molecule has 2 heterocycles. The highest BCUT2D eigenvalue weighted by Crippen LogP contribution is 2.39. The molecule has 4 rings (SSSR count). The summed E-state index contributed by atoms with van der Waals surface area (Å²) in [5.41, 5.74) is 10.1. The normalized spacial score (nSPS) is 11.2. The molecule has 4 aromatic rings. The van der Waals surface area contributed by atoms with Crippen LogP contribution in [0.15, 0.2) is 42.6 Å². The van der Waals surface area contributed by atoms with Crippen LogP contribution >= 0.6 is 0 Å². The van der Waals surface area contributed by atoms with Crippen molar-refractivity contribution in [2.45, 2.75) is 0 Å². The minimum Gasteiger partial charge on any atom is -0.497 e. The number of ether oxygens (including phenoxy) is 2. The van der Waals surface area contributed by atoms with Crippen LogP contribution in [0.4, 0.5) is 5.69 Å². The molecule has 0 atom stereocenters. The number of hydrogen-bond acceptors (Lipinski definition) is 5. The van der Waals surface area contributed by atoms with Gasteiger partial charge in [-0.1, -0.05) is 18.2 Å². The Morgan fingerprint density at radius 1 is 1.08 bits per heavy atom. The Morgan fingerprint density at radius 3 is 2.42 bits per heavy atom. The fraction of sp³-hybridized carbons (Fsp3) is 0.150. The molecule has 132 valence electrons. The van der Waals surface area contributed by atoms with E-state index in [1.165, 1.54) is 0 Å². The van der Waals surface area contributed by atoms with E-state index in [2.05, 4.69) is 0 Å². The van der Waals surface area contributed by atoms with Gasteiger partial charge in [0.05, 0.1) is 36.3 Å². The predicted molar refractivity (Wildman–Crippen MR) is 103 cm³/mol. The minimum atomic E-state index is 0.111. The first-order valence-electron chi connectivity index (χ1n) is 8.13. The largest absolute Gasteiger partial charge is 0.497 e. The molecule has 2 aromatic carbocycles. The zero-order chi connectivity index (χ0) is 18.4. The number of methoxy groups -OCH3 is 2. The first-order chi connectivity index (χ1) is 12.5. The van der Waals surface area contributed by atoms with Gasteiger partial charge in [-0.3, -0.25) is 0 Å². The maximum atomic E-state index is 10.3. The van der Waals surface area contributed by atoms with E-state index in [1.807, 2.05) is 36.4 Å². The number of para-hydroxylation sites is 1. The Bertz CT molecular complexity index is 1130. The number of nitrogens with zero attached hydrogens (tertiary/aromatic N) is 2. The van der Waals surface area contributed by atoms with Gasteiger partial charge in [-0.05, 0) is 17.7 Å². The van der Waals surface area contributed by atoms with Crippen molar-refractivity contribution in [3.63, 3.8) is 0 Å². The molecule has 0 unspecified atom stereocenters. The molecule has 6 heteroatoms. The lowest BCUT2D eigenvalue weighted by atomic mass is 10.00. The summed E-state index contributed by atoms with van der Waals surface area (Å²) in [6.45, 7) is 0. The van der Waals surface area contributed by atoms with E-state index in [0.717, 1.165) is 22.0 Å². The van der Waals surface area contributed by atoms with Crippen molar-refractivity contribution >= 4 is 27.5 Å². The molecule has 2 aromatic heterocycles. The molecule has 0 aliphatic rings. The van der Waals surface area contributed by atoms with Crippen LogP contribution in [0.1, 0.15) is 0 Å². The average Bonchev–Trinajstić information content (AvgIpc) is 2.95. The van der Waals surface area contributed by atoms with Crippen LogP contribution in [0.5, 0.6) is 17.4 Å². The first kappa shape index (κ1) is 16.1. The monoisotopic (exact) mass is 349 g/mol.